The van der Waals surface area contributed by atoms with E-state index in [2.05, 4.69) is 0 Å². The molecule has 2 fully saturated rings. The van der Waals surface area contributed by atoms with Crippen LogP contribution in [0.5, 0.6) is 0 Å². The van der Waals surface area contributed by atoms with Crippen molar-refractivity contribution < 1.29 is 22.8 Å². The molecule has 0 bridgehead atoms. The normalized spacial score (nSPS) is 22.0. The van der Waals surface area contributed by atoms with E-state index in [4.69, 9.17) is 9.47 Å². The predicted molar refractivity (Wildman–Crippen MR) is 75.7 cm³/mol. The number of nitro benzene ring substituents is 1. The number of rotatable bonds is 3. The third-order valence-corrected chi connectivity index (χ3v) is 5.92. The highest BCUT2D eigenvalue weighted by Crippen LogP contribution is 2.34. The van der Waals surface area contributed by atoms with Crippen LogP contribution < -0.4 is 0 Å². The lowest BCUT2D eigenvalue weighted by Crippen LogP contribution is -2.47. The van der Waals surface area contributed by atoms with Gasteiger partial charge in [-0.2, -0.15) is 4.31 Å². The van der Waals surface area contributed by atoms with Crippen molar-refractivity contribution in [2.24, 2.45) is 0 Å². The first-order valence-corrected chi connectivity index (χ1v) is 8.40. The van der Waals surface area contributed by atoms with Crippen LogP contribution in [0, 0.1) is 10.1 Å². The van der Waals surface area contributed by atoms with Gasteiger partial charge < -0.3 is 9.47 Å². The average Bonchev–Trinajstić information content (AvgIpc) is 2.96. The van der Waals surface area contributed by atoms with E-state index in [0.29, 0.717) is 26.1 Å². The van der Waals surface area contributed by atoms with Crippen LogP contribution in [0.4, 0.5) is 5.69 Å². The summed E-state index contributed by atoms with van der Waals surface area (Å²) in [5.41, 5.74) is -0.406. The van der Waals surface area contributed by atoms with Gasteiger partial charge in [-0.1, -0.05) is 12.1 Å². The topological polar surface area (TPSA) is 99.0 Å². The Morgan fingerprint density at radius 3 is 2.32 bits per heavy atom. The van der Waals surface area contributed by atoms with Gasteiger partial charge in [0, 0.05) is 32.0 Å². The fourth-order valence-corrected chi connectivity index (χ4v) is 4.42. The minimum Gasteiger partial charge on any atom is -0.347 e. The Hall–Kier alpha value is -1.55. The highest BCUT2D eigenvalue weighted by atomic mass is 32.2. The van der Waals surface area contributed by atoms with Crippen LogP contribution in [-0.2, 0) is 19.5 Å². The summed E-state index contributed by atoms with van der Waals surface area (Å²) in [6, 6.07) is 5.39. The largest absolute Gasteiger partial charge is 0.347 e. The Labute approximate surface area is 127 Å². The van der Waals surface area contributed by atoms with Crippen LogP contribution in [0.25, 0.3) is 0 Å². The summed E-state index contributed by atoms with van der Waals surface area (Å²) in [5.74, 6) is -0.686. The molecule has 0 amide bonds. The molecule has 1 aromatic rings. The van der Waals surface area contributed by atoms with Crippen LogP contribution >= 0.6 is 0 Å². The Balaban J connectivity index is 1.84. The lowest BCUT2D eigenvalue weighted by Gasteiger charge is -2.36. The molecule has 0 radical (unpaired) electrons. The van der Waals surface area contributed by atoms with E-state index in [1.54, 1.807) is 0 Å². The van der Waals surface area contributed by atoms with E-state index in [-0.39, 0.29) is 18.0 Å². The molecule has 0 aromatic heterocycles. The molecule has 1 aromatic carbocycles. The van der Waals surface area contributed by atoms with Gasteiger partial charge in [-0.25, -0.2) is 8.42 Å². The van der Waals surface area contributed by atoms with Gasteiger partial charge in [0.2, 0.25) is 10.0 Å². The molecule has 0 saturated carbocycles. The summed E-state index contributed by atoms with van der Waals surface area (Å²) in [7, 11) is -3.90. The van der Waals surface area contributed by atoms with Gasteiger partial charge in [-0.3, -0.25) is 10.1 Å². The van der Waals surface area contributed by atoms with E-state index in [0.717, 1.165) is 0 Å². The second-order valence-electron chi connectivity index (χ2n) is 5.24. The number of piperidine rings is 1. The lowest BCUT2D eigenvalue weighted by molar-refractivity contribution is -0.387. The molecule has 2 aliphatic heterocycles. The van der Waals surface area contributed by atoms with Crippen LogP contribution in [0.15, 0.2) is 29.2 Å². The molecule has 22 heavy (non-hydrogen) atoms. The lowest BCUT2D eigenvalue weighted by atomic mass is 10.1. The summed E-state index contributed by atoms with van der Waals surface area (Å²) in [5, 5.41) is 11.0. The van der Waals surface area contributed by atoms with Crippen LogP contribution in [0.3, 0.4) is 0 Å². The molecule has 9 heteroatoms. The van der Waals surface area contributed by atoms with Gasteiger partial charge in [-0.05, 0) is 6.07 Å². The van der Waals surface area contributed by atoms with Crippen LogP contribution in [0.2, 0.25) is 0 Å². The molecule has 0 N–H and O–H groups in total. The molecule has 1 spiro atoms. The van der Waals surface area contributed by atoms with Crippen molar-refractivity contribution in [1.82, 2.24) is 4.31 Å². The number of nitro groups is 1. The Morgan fingerprint density at radius 1 is 1.14 bits per heavy atom. The number of benzene rings is 1. The summed E-state index contributed by atoms with van der Waals surface area (Å²) in [6.45, 7) is 1.45. The number of para-hydroxylation sites is 1. The average molecular weight is 328 g/mol. The van der Waals surface area contributed by atoms with Crippen molar-refractivity contribution in [2.75, 3.05) is 26.3 Å². The SMILES string of the molecule is O=[N+]([O-])c1ccccc1S(=O)(=O)N1CCC2(CC1)OCCO2. The smallest absolute Gasteiger partial charge is 0.289 e. The maximum absolute atomic E-state index is 12.7. The first kappa shape index (κ1) is 15.3. The number of nitrogens with zero attached hydrogens (tertiary/aromatic N) is 2. The van der Waals surface area contributed by atoms with Crippen molar-refractivity contribution in [1.29, 1.82) is 0 Å². The molecule has 2 saturated heterocycles. The molecule has 2 heterocycles. The molecule has 8 nitrogen and oxygen atoms in total. The molecular formula is C13H16N2O6S. The van der Waals surface area contributed by atoms with Crippen molar-refractivity contribution in [3.8, 4) is 0 Å². The van der Waals surface area contributed by atoms with Gasteiger partial charge in [0.15, 0.2) is 10.7 Å². The molecule has 120 valence electrons. The first-order chi connectivity index (χ1) is 10.4. The van der Waals surface area contributed by atoms with Gasteiger partial charge in [-0.15, -0.1) is 0 Å². The zero-order chi connectivity index (χ0) is 15.8. The van der Waals surface area contributed by atoms with Gasteiger partial charge in [0.05, 0.1) is 18.1 Å². The van der Waals surface area contributed by atoms with E-state index in [9.17, 15) is 18.5 Å². The second kappa shape index (κ2) is 5.58. The monoisotopic (exact) mass is 328 g/mol. The summed E-state index contributed by atoms with van der Waals surface area (Å²) in [6.07, 6.45) is 0.847. The maximum Gasteiger partial charge on any atom is 0.289 e. The quantitative estimate of drug-likeness (QED) is 0.609. The molecule has 2 aliphatic rings. The Kier molecular flexibility index (Phi) is 3.89. The molecule has 0 unspecified atom stereocenters. The second-order valence-corrected chi connectivity index (χ2v) is 7.14. The highest BCUT2D eigenvalue weighted by Gasteiger charge is 2.43. The fourth-order valence-electron chi connectivity index (χ4n) is 2.82. The Bertz CT molecular complexity index is 674. The van der Waals surface area contributed by atoms with Crippen LogP contribution in [0.1, 0.15) is 12.8 Å². The van der Waals surface area contributed by atoms with Crippen molar-refractivity contribution >= 4 is 15.7 Å². The highest BCUT2D eigenvalue weighted by molar-refractivity contribution is 7.89. The van der Waals surface area contributed by atoms with Crippen molar-refractivity contribution in [3.63, 3.8) is 0 Å². The third kappa shape index (κ3) is 2.60. The summed E-state index contributed by atoms with van der Waals surface area (Å²) >= 11 is 0. The first-order valence-electron chi connectivity index (χ1n) is 6.96. The minimum absolute atomic E-state index is 0.217. The summed E-state index contributed by atoms with van der Waals surface area (Å²) < 4.78 is 37.7. The number of ether oxygens (including phenoxy) is 2. The number of hydrogen-bond acceptors (Lipinski definition) is 6. The van der Waals surface area contributed by atoms with Gasteiger partial charge >= 0.3 is 0 Å². The number of hydrogen-bond donors (Lipinski definition) is 0. The Morgan fingerprint density at radius 2 is 1.73 bits per heavy atom. The van der Waals surface area contributed by atoms with E-state index < -0.39 is 26.4 Å². The minimum atomic E-state index is -3.90. The predicted octanol–water partition coefficient (Wildman–Crippen LogP) is 1.12. The van der Waals surface area contributed by atoms with Gasteiger partial charge in [0.25, 0.3) is 5.69 Å². The molecule has 0 atom stereocenters. The summed E-state index contributed by atoms with van der Waals surface area (Å²) in [4.78, 5) is 10.1. The van der Waals surface area contributed by atoms with Crippen molar-refractivity contribution in [2.45, 2.75) is 23.5 Å². The van der Waals surface area contributed by atoms with Crippen molar-refractivity contribution in [3.05, 3.63) is 34.4 Å². The fraction of sp³-hybridized carbons (Fsp3) is 0.538. The van der Waals surface area contributed by atoms with E-state index in [1.165, 1.54) is 28.6 Å². The van der Waals surface area contributed by atoms with E-state index >= 15 is 0 Å². The van der Waals surface area contributed by atoms with E-state index in [1.807, 2.05) is 0 Å². The zero-order valence-electron chi connectivity index (χ0n) is 11.8. The maximum atomic E-state index is 12.7. The van der Waals surface area contributed by atoms with Gasteiger partial charge in [0.1, 0.15) is 0 Å². The standard InChI is InChI=1S/C13H16N2O6S/c16-15(17)11-3-1-2-4-12(11)22(18,19)14-7-5-13(6-8-14)20-9-10-21-13/h1-4H,5-10H2. The zero-order valence-corrected chi connectivity index (χ0v) is 12.6. The molecular weight excluding hydrogens is 312 g/mol. The van der Waals surface area contributed by atoms with Crippen LogP contribution in [-0.4, -0.2) is 49.7 Å². The molecule has 0 aliphatic carbocycles. The number of sulfonamides is 1. The molecule has 3 rings (SSSR count). The third-order valence-electron chi connectivity index (χ3n) is 3.98.